The molecule has 2 aromatic heterocycles. The maximum atomic E-state index is 10.4. The van der Waals surface area contributed by atoms with Gasteiger partial charge in [-0.3, -0.25) is 9.89 Å². The molecule has 9 nitrogen and oxygen atoms in total. The summed E-state index contributed by atoms with van der Waals surface area (Å²) in [6, 6.07) is 4.03. The maximum Gasteiger partial charge on any atom is 0.217 e. The number of carbonyl (C=O) groups is 1. The Bertz CT molecular complexity index is 970. The molecule has 0 radical (unpaired) electrons. The van der Waals surface area contributed by atoms with Crippen LogP contribution in [0.3, 0.4) is 0 Å². The molecular formula is C24H36N8O. The summed E-state index contributed by atoms with van der Waals surface area (Å²) in [5.41, 5.74) is 1.62. The van der Waals surface area contributed by atoms with Gasteiger partial charge in [0.1, 0.15) is 6.07 Å². The number of rotatable bonds is 5. The van der Waals surface area contributed by atoms with Crippen molar-refractivity contribution in [2.24, 2.45) is 5.92 Å². The summed E-state index contributed by atoms with van der Waals surface area (Å²) in [5.74, 6) is 3.17. The van der Waals surface area contributed by atoms with Crippen LogP contribution < -0.4 is 16.0 Å². The van der Waals surface area contributed by atoms with Gasteiger partial charge in [-0.25, -0.2) is 9.97 Å². The van der Waals surface area contributed by atoms with E-state index in [2.05, 4.69) is 50.0 Å². The third kappa shape index (κ3) is 8.04. The number of hydrogen-bond acceptors (Lipinski definition) is 7. The standard InChI is InChI=1S/C15H19N7.C6H11NO.C3H6/c1-9-3-4-10(5-9)11-6-13(22-21-11)19-14-8-18-12(7-16)15(17-2)20-14;1-5(8)7-6(2)3-4-6;1-2-3-1/h6,8-10H,3-5H2,1-2H3,(H3,17,19,20,21,22);3-4H2,1-2H3,(H,7,8);1-3H2. The highest BCUT2D eigenvalue weighted by Crippen LogP contribution is 2.37. The van der Waals surface area contributed by atoms with Crippen molar-refractivity contribution in [1.82, 2.24) is 25.5 Å². The Balaban J connectivity index is 0.000000228. The van der Waals surface area contributed by atoms with Crippen molar-refractivity contribution < 1.29 is 4.79 Å². The average molecular weight is 453 g/mol. The van der Waals surface area contributed by atoms with Gasteiger partial charge < -0.3 is 16.0 Å². The molecule has 33 heavy (non-hydrogen) atoms. The van der Waals surface area contributed by atoms with Crippen LogP contribution in [0, 0.1) is 17.2 Å². The highest BCUT2D eigenvalue weighted by Gasteiger charge is 2.37. The number of carbonyl (C=O) groups excluding carboxylic acids is 1. The third-order valence-electron chi connectivity index (χ3n) is 5.94. The predicted molar refractivity (Wildman–Crippen MR) is 129 cm³/mol. The highest BCUT2D eigenvalue weighted by atomic mass is 16.1. The van der Waals surface area contributed by atoms with Crippen molar-refractivity contribution in [2.75, 3.05) is 17.7 Å². The molecule has 5 rings (SSSR count). The first kappa shape index (κ1) is 24.5. The average Bonchev–Trinajstić information content (AvgIpc) is 3.70. The van der Waals surface area contributed by atoms with Gasteiger partial charge in [0.15, 0.2) is 23.1 Å². The van der Waals surface area contributed by atoms with E-state index >= 15 is 0 Å². The lowest BCUT2D eigenvalue weighted by molar-refractivity contribution is -0.119. The Labute approximate surface area is 196 Å². The summed E-state index contributed by atoms with van der Waals surface area (Å²) < 4.78 is 0. The normalized spacial score (nSPS) is 21.3. The molecule has 4 N–H and O–H groups in total. The van der Waals surface area contributed by atoms with E-state index in [4.69, 9.17) is 5.26 Å². The number of hydrogen-bond donors (Lipinski definition) is 4. The SMILES string of the molecule is C1CC1.CC(=O)NC1(C)CC1.CNc1nc(Nc2cc(C3CCC(C)C3)[nH]n2)cnc1C#N. The van der Waals surface area contributed by atoms with E-state index in [-0.39, 0.29) is 17.1 Å². The molecule has 3 saturated carbocycles. The fourth-order valence-electron chi connectivity index (χ4n) is 3.67. The van der Waals surface area contributed by atoms with Crippen LogP contribution in [-0.2, 0) is 4.79 Å². The minimum atomic E-state index is 0.0880. The van der Waals surface area contributed by atoms with Gasteiger partial charge in [-0.05, 0) is 38.5 Å². The van der Waals surface area contributed by atoms with E-state index in [0.717, 1.165) is 24.6 Å². The Hall–Kier alpha value is -3.15. The molecule has 9 heteroatoms. The van der Waals surface area contributed by atoms with Crippen LogP contribution >= 0.6 is 0 Å². The lowest BCUT2D eigenvalue weighted by Gasteiger charge is -2.06. The van der Waals surface area contributed by atoms with E-state index < -0.39 is 0 Å². The van der Waals surface area contributed by atoms with E-state index in [1.165, 1.54) is 50.4 Å². The fraction of sp³-hybridized carbons (Fsp3) is 0.625. The van der Waals surface area contributed by atoms with Crippen LogP contribution in [0.2, 0.25) is 0 Å². The van der Waals surface area contributed by atoms with Gasteiger partial charge in [0.2, 0.25) is 5.91 Å². The van der Waals surface area contributed by atoms with Crippen molar-refractivity contribution in [3.05, 3.63) is 23.7 Å². The molecule has 2 heterocycles. The van der Waals surface area contributed by atoms with E-state index in [1.54, 1.807) is 14.0 Å². The molecule has 1 amide bonds. The summed E-state index contributed by atoms with van der Waals surface area (Å²) in [5, 5.41) is 25.2. The summed E-state index contributed by atoms with van der Waals surface area (Å²) in [7, 11) is 1.71. The zero-order valence-electron chi connectivity index (χ0n) is 20.2. The van der Waals surface area contributed by atoms with Gasteiger partial charge in [0.05, 0.1) is 6.20 Å². The number of nitrogens with one attached hydrogen (secondary N) is 4. The first-order chi connectivity index (χ1) is 15.8. The smallest absolute Gasteiger partial charge is 0.217 e. The number of nitrogens with zero attached hydrogens (tertiary/aromatic N) is 4. The van der Waals surface area contributed by atoms with Gasteiger partial charge >= 0.3 is 0 Å². The summed E-state index contributed by atoms with van der Waals surface area (Å²) >= 11 is 0. The van der Waals surface area contributed by atoms with Gasteiger partial charge in [0.25, 0.3) is 0 Å². The fourth-order valence-corrected chi connectivity index (χ4v) is 3.67. The first-order valence-electron chi connectivity index (χ1n) is 11.9. The van der Waals surface area contributed by atoms with Gasteiger partial charge in [-0.2, -0.15) is 10.4 Å². The molecular weight excluding hydrogens is 416 g/mol. The van der Waals surface area contributed by atoms with Crippen molar-refractivity contribution in [3.8, 4) is 6.07 Å². The minimum Gasteiger partial charge on any atom is -0.371 e. The number of aromatic amines is 1. The van der Waals surface area contributed by atoms with Crippen LogP contribution in [0.15, 0.2) is 12.3 Å². The van der Waals surface area contributed by atoms with Crippen molar-refractivity contribution >= 4 is 23.4 Å². The lowest BCUT2D eigenvalue weighted by Crippen LogP contribution is -2.31. The Kier molecular flexibility index (Phi) is 8.26. The van der Waals surface area contributed by atoms with Crippen LogP contribution in [0.4, 0.5) is 17.5 Å². The van der Waals surface area contributed by atoms with Gasteiger partial charge in [-0.1, -0.05) is 32.6 Å². The zero-order chi connectivity index (χ0) is 23.8. The zero-order valence-corrected chi connectivity index (χ0v) is 20.2. The van der Waals surface area contributed by atoms with Crippen LogP contribution in [0.1, 0.15) is 89.4 Å². The van der Waals surface area contributed by atoms with Crippen molar-refractivity contribution in [2.45, 2.75) is 83.6 Å². The molecule has 0 aliphatic heterocycles. The first-order valence-corrected chi connectivity index (χ1v) is 11.9. The molecule has 2 atom stereocenters. The number of H-pyrrole nitrogens is 1. The molecule has 0 spiro atoms. The molecule has 2 aromatic rings. The maximum absolute atomic E-state index is 10.4. The topological polar surface area (TPSA) is 131 Å². The Morgan fingerprint density at radius 1 is 1.24 bits per heavy atom. The monoisotopic (exact) mass is 452 g/mol. The predicted octanol–water partition coefficient (Wildman–Crippen LogP) is 4.61. The van der Waals surface area contributed by atoms with Crippen LogP contribution in [0.5, 0.6) is 0 Å². The number of nitriles is 1. The van der Waals surface area contributed by atoms with Gasteiger partial charge in [-0.15, -0.1) is 0 Å². The molecule has 178 valence electrons. The number of aromatic nitrogens is 4. The number of amides is 1. The lowest BCUT2D eigenvalue weighted by atomic mass is 10.0. The second-order valence-corrected chi connectivity index (χ2v) is 9.57. The molecule has 0 bridgehead atoms. The van der Waals surface area contributed by atoms with Crippen molar-refractivity contribution in [1.29, 1.82) is 5.26 Å². The van der Waals surface area contributed by atoms with E-state index in [1.807, 2.05) is 12.1 Å². The molecule has 2 unspecified atom stereocenters. The third-order valence-corrected chi connectivity index (χ3v) is 5.94. The molecule has 0 aromatic carbocycles. The van der Waals surface area contributed by atoms with Gasteiger partial charge in [0, 0.05) is 37.2 Å². The summed E-state index contributed by atoms with van der Waals surface area (Å²) in [6.45, 7) is 5.92. The minimum absolute atomic E-state index is 0.0880. The molecule has 3 fully saturated rings. The van der Waals surface area contributed by atoms with Crippen molar-refractivity contribution in [3.63, 3.8) is 0 Å². The Morgan fingerprint density at radius 2 is 1.97 bits per heavy atom. The quantitative estimate of drug-likeness (QED) is 0.521. The second-order valence-electron chi connectivity index (χ2n) is 9.57. The van der Waals surface area contributed by atoms with Crippen LogP contribution in [-0.4, -0.2) is 38.7 Å². The summed E-state index contributed by atoms with van der Waals surface area (Å²) in [4.78, 5) is 18.8. The Morgan fingerprint density at radius 3 is 2.45 bits per heavy atom. The van der Waals surface area contributed by atoms with E-state index in [9.17, 15) is 4.79 Å². The molecule has 3 aliphatic rings. The van der Waals surface area contributed by atoms with E-state index in [0.29, 0.717) is 17.6 Å². The van der Waals surface area contributed by atoms with Crippen LogP contribution in [0.25, 0.3) is 0 Å². The highest BCUT2D eigenvalue weighted by molar-refractivity contribution is 5.74. The second kappa shape index (κ2) is 11.1. The largest absolute Gasteiger partial charge is 0.371 e. The number of anilines is 3. The summed E-state index contributed by atoms with van der Waals surface area (Å²) in [6.07, 6.45) is 12.0. The molecule has 0 saturated heterocycles. The molecule has 3 aliphatic carbocycles.